The molecule has 0 bridgehead atoms. The number of carbonyl (C=O) groups is 2. The molecule has 1 unspecified atom stereocenters. The highest BCUT2D eigenvalue weighted by Crippen LogP contribution is 2.25. The summed E-state index contributed by atoms with van der Waals surface area (Å²) in [5.41, 5.74) is 0.420. The number of hydrogen-bond donors (Lipinski definition) is 1. The van der Waals surface area contributed by atoms with E-state index in [1.54, 1.807) is 0 Å². The Hall–Kier alpha value is -1.84. The zero-order valence-corrected chi connectivity index (χ0v) is 12.4. The summed E-state index contributed by atoms with van der Waals surface area (Å²) >= 11 is 0. The first-order chi connectivity index (χ1) is 9.48. The molecule has 1 aromatic rings. The molecule has 0 spiro atoms. The molecule has 1 atom stereocenters. The van der Waals surface area contributed by atoms with Crippen LogP contribution in [0.5, 0.6) is 0 Å². The van der Waals surface area contributed by atoms with Crippen molar-refractivity contribution in [1.82, 2.24) is 5.32 Å². The molecule has 0 aliphatic rings. The summed E-state index contributed by atoms with van der Waals surface area (Å²) < 4.78 is 5.16. The third-order valence-corrected chi connectivity index (χ3v) is 3.20. The number of benzene rings is 1. The number of rotatable bonds is 8. The highest BCUT2D eigenvalue weighted by atomic mass is 16.5. The maximum absolute atomic E-state index is 11.7. The number of esters is 1. The van der Waals surface area contributed by atoms with Crippen molar-refractivity contribution < 1.29 is 14.3 Å². The third kappa shape index (κ3) is 5.03. The average Bonchev–Trinajstić information content (AvgIpc) is 2.44. The van der Waals surface area contributed by atoms with Gasteiger partial charge in [-0.25, -0.2) is 0 Å². The molecule has 110 valence electrons. The van der Waals surface area contributed by atoms with E-state index in [2.05, 4.69) is 5.32 Å². The lowest BCUT2D eigenvalue weighted by atomic mass is 9.87. The van der Waals surface area contributed by atoms with Crippen molar-refractivity contribution in [3.05, 3.63) is 35.9 Å². The second-order valence-corrected chi connectivity index (χ2v) is 5.54. The zero-order chi connectivity index (χ0) is 15.0. The Morgan fingerprint density at radius 3 is 2.55 bits per heavy atom. The molecular weight excluding hydrogens is 254 g/mol. The highest BCUT2D eigenvalue weighted by molar-refractivity contribution is 5.69. The smallest absolute Gasteiger partial charge is 0.305 e. The first kappa shape index (κ1) is 16.2. The minimum atomic E-state index is -0.556. The predicted molar refractivity (Wildman–Crippen MR) is 78.0 cm³/mol. The van der Waals surface area contributed by atoms with Crippen LogP contribution in [0.4, 0.5) is 0 Å². The van der Waals surface area contributed by atoms with E-state index in [1.807, 2.05) is 51.1 Å². The Morgan fingerprint density at radius 2 is 2.00 bits per heavy atom. The van der Waals surface area contributed by atoms with Gasteiger partial charge >= 0.3 is 5.97 Å². The maximum atomic E-state index is 11.7. The molecule has 0 saturated heterocycles. The number of ether oxygens (including phenoxy) is 1. The van der Waals surface area contributed by atoms with E-state index in [4.69, 9.17) is 4.74 Å². The summed E-state index contributed by atoms with van der Waals surface area (Å²) in [5, 5.41) is 2.81. The van der Waals surface area contributed by atoms with E-state index in [0.29, 0.717) is 25.4 Å². The van der Waals surface area contributed by atoms with Gasteiger partial charge in [-0.2, -0.15) is 0 Å². The summed E-state index contributed by atoms with van der Waals surface area (Å²) in [6, 6.07) is 9.63. The SMILES string of the molecule is CC(C)COC(=O)CCC(C)(NC=O)c1ccccc1. The second kappa shape index (κ2) is 7.68. The normalized spacial score (nSPS) is 13.6. The molecule has 1 N–H and O–H groups in total. The summed E-state index contributed by atoms with van der Waals surface area (Å²) in [4.78, 5) is 22.5. The van der Waals surface area contributed by atoms with Crippen LogP contribution >= 0.6 is 0 Å². The van der Waals surface area contributed by atoms with Crippen LogP contribution in [0.2, 0.25) is 0 Å². The van der Waals surface area contributed by atoms with Crippen molar-refractivity contribution in [2.24, 2.45) is 5.92 Å². The van der Waals surface area contributed by atoms with Crippen molar-refractivity contribution in [2.75, 3.05) is 6.61 Å². The van der Waals surface area contributed by atoms with Gasteiger partial charge in [0.1, 0.15) is 0 Å². The Labute approximate surface area is 120 Å². The van der Waals surface area contributed by atoms with Crippen molar-refractivity contribution in [1.29, 1.82) is 0 Å². The first-order valence-corrected chi connectivity index (χ1v) is 6.90. The Kier molecular flexibility index (Phi) is 6.22. The molecule has 0 aliphatic carbocycles. The van der Waals surface area contributed by atoms with Gasteiger partial charge in [0.05, 0.1) is 12.1 Å². The summed E-state index contributed by atoms with van der Waals surface area (Å²) in [6.45, 7) is 6.33. The molecule has 0 heterocycles. The fourth-order valence-corrected chi connectivity index (χ4v) is 1.92. The van der Waals surface area contributed by atoms with Gasteiger partial charge in [0, 0.05) is 6.42 Å². The standard InChI is InChI=1S/C16H23NO3/c1-13(2)11-20-15(19)9-10-16(3,17-12-18)14-7-5-4-6-8-14/h4-8,12-13H,9-11H2,1-3H3,(H,17,18). The number of nitrogens with one attached hydrogen (secondary N) is 1. The summed E-state index contributed by atoms with van der Waals surface area (Å²) in [6.07, 6.45) is 1.46. The fraction of sp³-hybridized carbons (Fsp3) is 0.500. The largest absolute Gasteiger partial charge is 0.465 e. The van der Waals surface area contributed by atoms with E-state index in [-0.39, 0.29) is 12.4 Å². The lowest BCUT2D eigenvalue weighted by Crippen LogP contribution is -2.39. The second-order valence-electron chi connectivity index (χ2n) is 5.54. The quantitative estimate of drug-likeness (QED) is 0.587. The molecule has 0 fully saturated rings. The molecule has 1 aromatic carbocycles. The van der Waals surface area contributed by atoms with Crippen LogP contribution < -0.4 is 5.32 Å². The van der Waals surface area contributed by atoms with Crippen molar-refractivity contribution in [2.45, 2.75) is 39.2 Å². The van der Waals surface area contributed by atoms with Crippen LogP contribution in [0.15, 0.2) is 30.3 Å². The molecule has 4 heteroatoms. The highest BCUT2D eigenvalue weighted by Gasteiger charge is 2.26. The molecular formula is C16H23NO3. The molecule has 0 aliphatic heterocycles. The lowest BCUT2D eigenvalue weighted by molar-refractivity contribution is -0.145. The van der Waals surface area contributed by atoms with Crippen LogP contribution in [0.3, 0.4) is 0 Å². The zero-order valence-electron chi connectivity index (χ0n) is 12.4. The van der Waals surface area contributed by atoms with Crippen molar-refractivity contribution in [3.8, 4) is 0 Å². The lowest BCUT2D eigenvalue weighted by Gasteiger charge is -2.29. The van der Waals surface area contributed by atoms with Gasteiger partial charge in [0.15, 0.2) is 0 Å². The fourth-order valence-electron chi connectivity index (χ4n) is 1.92. The monoisotopic (exact) mass is 277 g/mol. The van der Waals surface area contributed by atoms with E-state index in [9.17, 15) is 9.59 Å². The van der Waals surface area contributed by atoms with Crippen molar-refractivity contribution in [3.63, 3.8) is 0 Å². The minimum Gasteiger partial charge on any atom is -0.465 e. The van der Waals surface area contributed by atoms with Crippen LogP contribution in [0.25, 0.3) is 0 Å². The number of hydrogen-bond acceptors (Lipinski definition) is 3. The summed E-state index contributed by atoms with van der Waals surface area (Å²) in [7, 11) is 0. The van der Waals surface area contributed by atoms with Gasteiger partial charge in [0.25, 0.3) is 0 Å². The first-order valence-electron chi connectivity index (χ1n) is 6.90. The van der Waals surface area contributed by atoms with Crippen LogP contribution in [0.1, 0.15) is 39.2 Å². The predicted octanol–water partition coefficient (Wildman–Crippen LogP) is 2.63. The van der Waals surface area contributed by atoms with E-state index >= 15 is 0 Å². The summed E-state index contributed by atoms with van der Waals surface area (Å²) in [5.74, 6) is 0.0983. The molecule has 0 radical (unpaired) electrons. The molecule has 0 aromatic heterocycles. The average molecular weight is 277 g/mol. The van der Waals surface area contributed by atoms with Gasteiger partial charge < -0.3 is 10.1 Å². The molecule has 0 saturated carbocycles. The minimum absolute atomic E-state index is 0.228. The van der Waals surface area contributed by atoms with Crippen LogP contribution in [-0.4, -0.2) is 19.0 Å². The molecule has 4 nitrogen and oxygen atoms in total. The van der Waals surface area contributed by atoms with Gasteiger partial charge in [-0.15, -0.1) is 0 Å². The van der Waals surface area contributed by atoms with Gasteiger partial charge in [-0.3, -0.25) is 9.59 Å². The molecule has 20 heavy (non-hydrogen) atoms. The van der Waals surface area contributed by atoms with Gasteiger partial charge in [0.2, 0.25) is 6.41 Å². The topological polar surface area (TPSA) is 55.4 Å². The number of amides is 1. The van der Waals surface area contributed by atoms with E-state index in [0.717, 1.165) is 5.56 Å². The molecule has 1 rings (SSSR count). The third-order valence-electron chi connectivity index (χ3n) is 3.20. The Balaban J connectivity index is 2.64. The Bertz CT molecular complexity index is 431. The molecule has 1 amide bonds. The van der Waals surface area contributed by atoms with Crippen LogP contribution in [-0.2, 0) is 19.9 Å². The van der Waals surface area contributed by atoms with E-state index < -0.39 is 5.54 Å². The van der Waals surface area contributed by atoms with Crippen molar-refractivity contribution >= 4 is 12.4 Å². The number of carbonyl (C=O) groups excluding carboxylic acids is 2. The van der Waals surface area contributed by atoms with Gasteiger partial charge in [-0.1, -0.05) is 44.2 Å². The maximum Gasteiger partial charge on any atom is 0.305 e. The van der Waals surface area contributed by atoms with E-state index in [1.165, 1.54) is 0 Å². The van der Waals surface area contributed by atoms with Crippen LogP contribution in [0, 0.1) is 5.92 Å². The Morgan fingerprint density at radius 1 is 1.35 bits per heavy atom. The van der Waals surface area contributed by atoms with Gasteiger partial charge in [-0.05, 0) is 24.8 Å².